The highest BCUT2D eigenvalue weighted by Crippen LogP contribution is 2.12. The lowest BCUT2D eigenvalue weighted by molar-refractivity contribution is -0.104. The molecule has 1 aromatic rings. The predicted molar refractivity (Wildman–Crippen MR) is 47.0 cm³/mol. The smallest absolute Gasteiger partial charge is 0.145 e. The van der Waals surface area contributed by atoms with Crippen LogP contribution in [0.2, 0.25) is 0 Å². The third-order valence-electron chi connectivity index (χ3n) is 1.51. The van der Waals surface area contributed by atoms with Gasteiger partial charge in [-0.3, -0.25) is 4.79 Å². The fourth-order valence-electron chi connectivity index (χ4n) is 0.970. The number of allylic oxidation sites excluding steroid dienone is 1. The van der Waals surface area contributed by atoms with Gasteiger partial charge in [-0.25, -0.2) is 0 Å². The fraction of sp³-hybridized carbons (Fsp3) is 0.100. The van der Waals surface area contributed by atoms with Crippen LogP contribution in [0.1, 0.15) is 5.56 Å². The Morgan fingerprint density at radius 2 is 2.33 bits per heavy atom. The van der Waals surface area contributed by atoms with Gasteiger partial charge in [0.15, 0.2) is 0 Å². The minimum Gasteiger partial charge on any atom is -0.508 e. The Bertz CT molecular complexity index is 302. The summed E-state index contributed by atoms with van der Waals surface area (Å²) in [5.74, 6) is 0.214. The zero-order valence-corrected chi connectivity index (χ0v) is 6.66. The minimum absolute atomic E-state index is 0.214. The van der Waals surface area contributed by atoms with Gasteiger partial charge in [0.05, 0.1) is 0 Å². The molecular weight excluding hydrogens is 152 g/mol. The molecule has 0 atom stereocenters. The van der Waals surface area contributed by atoms with Crippen LogP contribution in [-0.4, -0.2) is 11.4 Å². The van der Waals surface area contributed by atoms with Gasteiger partial charge in [-0.1, -0.05) is 18.7 Å². The van der Waals surface area contributed by atoms with Gasteiger partial charge in [0.2, 0.25) is 0 Å². The molecule has 1 N–H and O–H groups in total. The number of phenols is 1. The Kier molecular flexibility index (Phi) is 2.64. The van der Waals surface area contributed by atoms with Crippen LogP contribution in [0.4, 0.5) is 0 Å². The molecule has 12 heavy (non-hydrogen) atoms. The molecule has 0 heterocycles. The van der Waals surface area contributed by atoms with E-state index in [0.717, 1.165) is 11.8 Å². The first-order valence-corrected chi connectivity index (χ1v) is 3.63. The van der Waals surface area contributed by atoms with Crippen molar-refractivity contribution >= 4 is 6.29 Å². The molecule has 0 aliphatic carbocycles. The molecule has 0 aromatic heterocycles. The van der Waals surface area contributed by atoms with Gasteiger partial charge in [0.25, 0.3) is 0 Å². The molecule has 0 radical (unpaired) electrons. The topological polar surface area (TPSA) is 37.3 Å². The van der Waals surface area contributed by atoms with Crippen LogP contribution in [0, 0.1) is 0 Å². The van der Waals surface area contributed by atoms with Crippen molar-refractivity contribution < 1.29 is 9.90 Å². The zero-order valence-electron chi connectivity index (χ0n) is 6.66. The van der Waals surface area contributed by atoms with Gasteiger partial charge in [-0.15, -0.1) is 0 Å². The number of aldehydes is 1. The minimum atomic E-state index is 0.214. The lowest BCUT2D eigenvalue weighted by Crippen LogP contribution is -1.89. The van der Waals surface area contributed by atoms with Gasteiger partial charge < -0.3 is 5.11 Å². The van der Waals surface area contributed by atoms with Gasteiger partial charge in [0, 0.05) is 6.42 Å². The van der Waals surface area contributed by atoms with Crippen LogP contribution in [0.15, 0.2) is 36.4 Å². The summed E-state index contributed by atoms with van der Waals surface area (Å²) < 4.78 is 0. The zero-order chi connectivity index (χ0) is 8.97. The monoisotopic (exact) mass is 162 g/mol. The second-order valence-corrected chi connectivity index (χ2v) is 2.62. The summed E-state index contributed by atoms with van der Waals surface area (Å²) >= 11 is 0. The summed E-state index contributed by atoms with van der Waals surface area (Å²) in [7, 11) is 0. The van der Waals surface area contributed by atoms with Crippen molar-refractivity contribution in [2.45, 2.75) is 6.42 Å². The van der Waals surface area contributed by atoms with E-state index in [4.69, 9.17) is 5.11 Å². The average molecular weight is 162 g/mol. The molecule has 1 rings (SSSR count). The number of carbonyl (C=O) groups is 1. The lowest BCUT2D eigenvalue weighted by atomic mass is 10.1. The highest BCUT2D eigenvalue weighted by molar-refractivity contribution is 5.72. The summed E-state index contributed by atoms with van der Waals surface area (Å²) in [6.45, 7) is 3.55. The predicted octanol–water partition coefficient (Wildman–Crippen LogP) is 1.69. The van der Waals surface area contributed by atoms with Gasteiger partial charge in [-0.05, 0) is 23.3 Å². The van der Waals surface area contributed by atoms with Gasteiger partial charge in [-0.2, -0.15) is 0 Å². The summed E-state index contributed by atoms with van der Waals surface area (Å²) in [4.78, 5) is 10.2. The first kappa shape index (κ1) is 8.53. The molecule has 0 saturated heterocycles. The molecule has 0 amide bonds. The number of aromatic hydroxyl groups is 1. The highest BCUT2D eigenvalue weighted by Gasteiger charge is 1.96. The van der Waals surface area contributed by atoms with Gasteiger partial charge in [0.1, 0.15) is 12.0 Å². The van der Waals surface area contributed by atoms with E-state index in [1.165, 1.54) is 0 Å². The van der Waals surface area contributed by atoms with Crippen molar-refractivity contribution in [1.29, 1.82) is 0 Å². The van der Waals surface area contributed by atoms with Crippen LogP contribution in [0.3, 0.4) is 0 Å². The van der Waals surface area contributed by atoms with E-state index in [0.29, 0.717) is 12.0 Å². The lowest BCUT2D eigenvalue weighted by Gasteiger charge is -1.99. The molecule has 0 spiro atoms. The van der Waals surface area contributed by atoms with Gasteiger partial charge >= 0.3 is 0 Å². The molecule has 1 aromatic carbocycles. The third kappa shape index (κ3) is 2.23. The number of hydrogen-bond donors (Lipinski definition) is 1. The van der Waals surface area contributed by atoms with Crippen LogP contribution >= 0.6 is 0 Å². The second kappa shape index (κ2) is 3.72. The first-order valence-electron chi connectivity index (χ1n) is 3.63. The fourth-order valence-corrected chi connectivity index (χ4v) is 0.970. The Labute approximate surface area is 71.2 Å². The average Bonchev–Trinajstić information content (AvgIpc) is 2.04. The van der Waals surface area contributed by atoms with Crippen LogP contribution in [0.5, 0.6) is 5.75 Å². The first-order chi connectivity index (χ1) is 5.72. The Balaban J connectivity index is 2.76. The molecule has 0 aliphatic rings. The number of hydrogen-bond acceptors (Lipinski definition) is 2. The largest absolute Gasteiger partial charge is 0.508 e. The Morgan fingerprint density at radius 1 is 1.58 bits per heavy atom. The van der Waals surface area contributed by atoms with E-state index in [9.17, 15) is 4.79 Å². The molecule has 0 bridgehead atoms. The van der Waals surface area contributed by atoms with Crippen molar-refractivity contribution in [2.75, 3.05) is 0 Å². The van der Waals surface area contributed by atoms with E-state index in [1.807, 2.05) is 6.07 Å². The number of rotatable bonds is 3. The molecule has 0 fully saturated rings. The SMILES string of the molecule is C=C(C=O)Cc1cccc(O)c1. The van der Waals surface area contributed by atoms with E-state index in [-0.39, 0.29) is 5.75 Å². The highest BCUT2D eigenvalue weighted by atomic mass is 16.3. The molecule has 62 valence electrons. The second-order valence-electron chi connectivity index (χ2n) is 2.62. The molecular formula is C10H10O2. The quantitative estimate of drug-likeness (QED) is 0.542. The van der Waals surface area contributed by atoms with Crippen LogP contribution in [-0.2, 0) is 11.2 Å². The van der Waals surface area contributed by atoms with Crippen molar-refractivity contribution in [2.24, 2.45) is 0 Å². The molecule has 2 nitrogen and oxygen atoms in total. The van der Waals surface area contributed by atoms with E-state index >= 15 is 0 Å². The Hall–Kier alpha value is -1.57. The van der Waals surface area contributed by atoms with Crippen LogP contribution in [0.25, 0.3) is 0 Å². The third-order valence-corrected chi connectivity index (χ3v) is 1.51. The summed E-state index contributed by atoms with van der Waals surface area (Å²) in [5, 5.41) is 9.08. The number of phenolic OH excluding ortho intramolecular Hbond substituents is 1. The molecule has 0 unspecified atom stereocenters. The normalized spacial score (nSPS) is 9.33. The maximum absolute atomic E-state index is 10.2. The van der Waals surface area contributed by atoms with Crippen LogP contribution < -0.4 is 0 Å². The van der Waals surface area contributed by atoms with E-state index in [2.05, 4.69) is 6.58 Å². The van der Waals surface area contributed by atoms with Crippen molar-refractivity contribution in [3.05, 3.63) is 42.0 Å². The van der Waals surface area contributed by atoms with Crippen molar-refractivity contribution in [3.8, 4) is 5.75 Å². The van der Waals surface area contributed by atoms with E-state index < -0.39 is 0 Å². The number of carbonyl (C=O) groups excluding carboxylic acids is 1. The Morgan fingerprint density at radius 3 is 2.92 bits per heavy atom. The maximum Gasteiger partial charge on any atom is 0.145 e. The summed E-state index contributed by atoms with van der Waals surface area (Å²) in [6.07, 6.45) is 1.22. The maximum atomic E-state index is 10.2. The molecule has 0 saturated carbocycles. The standard InChI is InChI=1S/C10H10O2/c1-8(7-11)5-9-3-2-4-10(12)6-9/h2-4,6-7,12H,1,5H2. The summed E-state index contributed by atoms with van der Waals surface area (Å²) in [5.41, 5.74) is 1.41. The molecule has 0 aliphatic heterocycles. The number of benzene rings is 1. The summed E-state index contributed by atoms with van der Waals surface area (Å²) in [6, 6.07) is 6.79. The van der Waals surface area contributed by atoms with Crippen molar-refractivity contribution in [3.63, 3.8) is 0 Å². The van der Waals surface area contributed by atoms with Crippen molar-refractivity contribution in [1.82, 2.24) is 0 Å². The molecule has 2 heteroatoms. The van der Waals surface area contributed by atoms with E-state index in [1.54, 1.807) is 18.2 Å².